The Morgan fingerprint density at radius 2 is 2.31 bits per heavy atom. The Labute approximate surface area is 96.2 Å². The summed E-state index contributed by atoms with van der Waals surface area (Å²) in [4.78, 5) is 2.31. The molecule has 88 valence electrons. The van der Waals surface area contributed by atoms with Crippen molar-refractivity contribution in [3.63, 3.8) is 0 Å². The molecule has 1 aromatic carbocycles. The van der Waals surface area contributed by atoms with E-state index < -0.39 is 0 Å². The molecule has 0 spiro atoms. The number of nitrogens with two attached hydrogens (primary N) is 1. The van der Waals surface area contributed by atoms with Crippen LogP contribution in [0.3, 0.4) is 0 Å². The highest BCUT2D eigenvalue weighted by molar-refractivity contribution is 5.25. The van der Waals surface area contributed by atoms with Crippen molar-refractivity contribution in [1.82, 2.24) is 4.90 Å². The predicted octanol–water partition coefficient (Wildman–Crippen LogP) is 2.13. The van der Waals surface area contributed by atoms with Gasteiger partial charge in [0.2, 0.25) is 0 Å². The van der Waals surface area contributed by atoms with Crippen LogP contribution in [0.5, 0.6) is 0 Å². The molecule has 0 saturated carbocycles. The van der Waals surface area contributed by atoms with Gasteiger partial charge in [-0.3, -0.25) is 4.90 Å². The molecule has 0 bridgehead atoms. The molecule has 1 unspecified atom stereocenters. The first-order chi connectivity index (χ1) is 7.69. The molecule has 1 aliphatic rings. The second kappa shape index (κ2) is 4.93. The summed E-state index contributed by atoms with van der Waals surface area (Å²) in [5.74, 6) is 0.623. The zero-order chi connectivity index (χ0) is 11.5. The van der Waals surface area contributed by atoms with Crippen molar-refractivity contribution < 1.29 is 4.39 Å². The first-order valence-corrected chi connectivity index (χ1v) is 5.88. The number of halogens is 1. The van der Waals surface area contributed by atoms with Crippen LogP contribution >= 0.6 is 0 Å². The number of benzene rings is 1. The maximum Gasteiger partial charge on any atom is 0.127 e. The summed E-state index contributed by atoms with van der Waals surface area (Å²) in [6.45, 7) is 5.58. The summed E-state index contributed by atoms with van der Waals surface area (Å²) in [6.07, 6.45) is 1.22. The Balaban J connectivity index is 2.08. The highest BCUT2D eigenvalue weighted by Crippen LogP contribution is 2.19. The van der Waals surface area contributed by atoms with Gasteiger partial charge in [0.05, 0.1) is 0 Å². The molecule has 0 radical (unpaired) electrons. The van der Waals surface area contributed by atoms with E-state index in [1.54, 1.807) is 6.07 Å². The lowest BCUT2D eigenvalue weighted by Gasteiger charge is -2.16. The lowest BCUT2D eigenvalue weighted by Crippen LogP contribution is -2.20. The molecular formula is C13H19FN2. The molecule has 1 heterocycles. The largest absolute Gasteiger partial charge is 0.326 e. The van der Waals surface area contributed by atoms with Gasteiger partial charge in [0.1, 0.15) is 5.82 Å². The van der Waals surface area contributed by atoms with Gasteiger partial charge in [0.15, 0.2) is 0 Å². The summed E-state index contributed by atoms with van der Waals surface area (Å²) in [5.41, 5.74) is 7.34. The van der Waals surface area contributed by atoms with Crippen LogP contribution in [-0.4, -0.2) is 18.0 Å². The summed E-state index contributed by atoms with van der Waals surface area (Å²) >= 11 is 0. The minimum atomic E-state index is -0.114. The van der Waals surface area contributed by atoms with Gasteiger partial charge in [-0.25, -0.2) is 4.39 Å². The summed E-state index contributed by atoms with van der Waals surface area (Å²) in [7, 11) is 0. The van der Waals surface area contributed by atoms with E-state index in [1.807, 2.05) is 6.07 Å². The number of hydrogen-bond acceptors (Lipinski definition) is 2. The highest BCUT2D eigenvalue weighted by Gasteiger charge is 2.19. The smallest absolute Gasteiger partial charge is 0.127 e. The number of rotatable bonds is 3. The lowest BCUT2D eigenvalue weighted by molar-refractivity contribution is 0.315. The van der Waals surface area contributed by atoms with E-state index in [9.17, 15) is 4.39 Å². The fraction of sp³-hybridized carbons (Fsp3) is 0.538. The van der Waals surface area contributed by atoms with Crippen LogP contribution in [0.15, 0.2) is 18.2 Å². The molecule has 2 rings (SSSR count). The summed E-state index contributed by atoms with van der Waals surface area (Å²) < 4.78 is 13.6. The number of nitrogens with zero attached hydrogens (tertiary/aromatic N) is 1. The van der Waals surface area contributed by atoms with Gasteiger partial charge in [-0.1, -0.05) is 19.1 Å². The van der Waals surface area contributed by atoms with Gasteiger partial charge in [0.25, 0.3) is 0 Å². The topological polar surface area (TPSA) is 29.3 Å². The van der Waals surface area contributed by atoms with Crippen LogP contribution in [0.25, 0.3) is 0 Å². The molecule has 2 N–H and O–H groups in total. The standard InChI is InChI=1S/C13H19FN2/c1-10-4-5-16(8-10)9-12-6-11(7-15)2-3-13(12)14/h2-3,6,10H,4-5,7-9,15H2,1H3. The zero-order valence-corrected chi connectivity index (χ0v) is 9.75. The molecule has 16 heavy (non-hydrogen) atoms. The quantitative estimate of drug-likeness (QED) is 0.849. The van der Waals surface area contributed by atoms with E-state index in [0.29, 0.717) is 13.1 Å². The molecule has 0 amide bonds. The van der Waals surface area contributed by atoms with Crippen LogP contribution in [0.1, 0.15) is 24.5 Å². The first kappa shape index (κ1) is 11.6. The van der Waals surface area contributed by atoms with Crippen LogP contribution in [-0.2, 0) is 13.1 Å². The van der Waals surface area contributed by atoms with Crippen LogP contribution < -0.4 is 5.73 Å². The first-order valence-electron chi connectivity index (χ1n) is 5.88. The van der Waals surface area contributed by atoms with Gasteiger partial charge < -0.3 is 5.73 Å². The van der Waals surface area contributed by atoms with Gasteiger partial charge in [-0.2, -0.15) is 0 Å². The fourth-order valence-electron chi connectivity index (χ4n) is 2.29. The van der Waals surface area contributed by atoms with E-state index in [2.05, 4.69) is 11.8 Å². The van der Waals surface area contributed by atoms with Gasteiger partial charge in [0, 0.05) is 25.2 Å². The minimum Gasteiger partial charge on any atom is -0.326 e. The van der Waals surface area contributed by atoms with Gasteiger partial charge in [-0.05, 0) is 30.5 Å². The Bertz CT molecular complexity index is 365. The second-order valence-electron chi connectivity index (χ2n) is 4.76. The van der Waals surface area contributed by atoms with Gasteiger partial charge >= 0.3 is 0 Å². The van der Waals surface area contributed by atoms with E-state index in [0.717, 1.165) is 30.1 Å². The van der Waals surface area contributed by atoms with Gasteiger partial charge in [-0.15, -0.1) is 0 Å². The van der Waals surface area contributed by atoms with E-state index in [-0.39, 0.29) is 5.82 Å². The third-order valence-electron chi connectivity index (χ3n) is 3.25. The van der Waals surface area contributed by atoms with Crippen molar-refractivity contribution >= 4 is 0 Å². The fourth-order valence-corrected chi connectivity index (χ4v) is 2.29. The third kappa shape index (κ3) is 2.60. The summed E-state index contributed by atoms with van der Waals surface area (Å²) in [5, 5.41) is 0. The zero-order valence-electron chi connectivity index (χ0n) is 9.75. The predicted molar refractivity (Wildman–Crippen MR) is 63.3 cm³/mol. The molecule has 0 aliphatic carbocycles. The van der Waals surface area contributed by atoms with Crippen molar-refractivity contribution in [1.29, 1.82) is 0 Å². The van der Waals surface area contributed by atoms with Crippen LogP contribution in [0.4, 0.5) is 4.39 Å². The number of likely N-dealkylation sites (tertiary alicyclic amines) is 1. The van der Waals surface area contributed by atoms with Crippen LogP contribution in [0.2, 0.25) is 0 Å². The molecule has 1 fully saturated rings. The average Bonchev–Trinajstić information content (AvgIpc) is 2.67. The maximum atomic E-state index is 13.6. The monoisotopic (exact) mass is 222 g/mol. The van der Waals surface area contributed by atoms with Crippen LogP contribution in [0, 0.1) is 11.7 Å². The molecule has 1 aliphatic heterocycles. The molecule has 0 aromatic heterocycles. The summed E-state index contributed by atoms with van der Waals surface area (Å²) in [6, 6.07) is 5.17. The Morgan fingerprint density at radius 3 is 2.94 bits per heavy atom. The van der Waals surface area contributed by atoms with E-state index in [4.69, 9.17) is 5.73 Å². The van der Waals surface area contributed by atoms with Crippen molar-refractivity contribution in [2.75, 3.05) is 13.1 Å². The number of hydrogen-bond donors (Lipinski definition) is 1. The average molecular weight is 222 g/mol. The maximum absolute atomic E-state index is 13.6. The second-order valence-corrected chi connectivity index (χ2v) is 4.76. The normalized spacial score (nSPS) is 21.6. The third-order valence-corrected chi connectivity index (χ3v) is 3.25. The minimum absolute atomic E-state index is 0.114. The van der Waals surface area contributed by atoms with Crippen molar-refractivity contribution in [3.8, 4) is 0 Å². The Morgan fingerprint density at radius 1 is 1.50 bits per heavy atom. The van der Waals surface area contributed by atoms with Crippen molar-refractivity contribution in [2.45, 2.75) is 26.4 Å². The Kier molecular flexibility index (Phi) is 3.56. The van der Waals surface area contributed by atoms with Crippen molar-refractivity contribution in [3.05, 3.63) is 35.1 Å². The molecule has 1 atom stereocenters. The molecule has 2 nitrogen and oxygen atoms in total. The lowest BCUT2D eigenvalue weighted by atomic mass is 10.1. The van der Waals surface area contributed by atoms with E-state index >= 15 is 0 Å². The Hall–Kier alpha value is -0.930. The molecular weight excluding hydrogens is 203 g/mol. The molecule has 3 heteroatoms. The van der Waals surface area contributed by atoms with E-state index in [1.165, 1.54) is 12.5 Å². The highest BCUT2D eigenvalue weighted by atomic mass is 19.1. The van der Waals surface area contributed by atoms with Crippen molar-refractivity contribution in [2.24, 2.45) is 11.7 Å². The molecule has 1 aromatic rings. The molecule has 1 saturated heterocycles. The SMILES string of the molecule is CC1CCN(Cc2cc(CN)ccc2F)C1.